The van der Waals surface area contributed by atoms with Gasteiger partial charge in [-0.05, 0) is 24.8 Å². The first-order chi connectivity index (χ1) is 9.93. The van der Waals surface area contributed by atoms with Crippen LogP contribution in [0.4, 0.5) is 0 Å². The van der Waals surface area contributed by atoms with E-state index < -0.39 is 0 Å². The molecule has 0 aliphatic rings. The fourth-order valence-corrected chi connectivity index (χ4v) is 2.20. The molecule has 0 heterocycles. The molecule has 1 rings (SSSR count). The Kier molecular flexibility index (Phi) is 6.51. The highest BCUT2D eigenvalue weighted by molar-refractivity contribution is 5.42. The molecule has 0 aliphatic heterocycles. The molecular formula is C17H26N2O2. The van der Waals surface area contributed by atoms with Crippen molar-refractivity contribution in [2.75, 3.05) is 20.8 Å². The molecule has 0 saturated carbocycles. The summed E-state index contributed by atoms with van der Waals surface area (Å²) in [4.78, 5) is 0. The number of hydrogen-bond acceptors (Lipinski definition) is 4. The van der Waals surface area contributed by atoms with E-state index in [1.807, 2.05) is 18.2 Å². The van der Waals surface area contributed by atoms with Crippen LogP contribution in [0.1, 0.15) is 45.2 Å². The summed E-state index contributed by atoms with van der Waals surface area (Å²) in [5.41, 5.74) is 1.21. The minimum absolute atomic E-state index is 0.101. The van der Waals surface area contributed by atoms with Crippen LogP contribution in [0.3, 0.4) is 0 Å². The topological polar surface area (TPSA) is 54.3 Å². The Labute approximate surface area is 128 Å². The molecule has 1 atom stereocenters. The van der Waals surface area contributed by atoms with Gasteiger partial charge in [-0.2, -0.15) is 5.26 Å². The molecule has 0 radical (unpaired) electrons. The van der Waals surface area contributed by atoms with Crippen molar-refractivity contribution < 1.29 is 9.47 Å². The first-order valence-corrected chi connectivity index (χ1v) is 7.26. The number of ether oxygens (including phenoxy) is 2. The largest absolute Gasteiger partial charge is 0.497 e. The normalized spacial score (nSPS) is 12.6. The molecule has 0 amide bonds. The second-order valence-corrected chi connectivity index (χ2v) is 6.03. The maximum Gasteiger partial charge on any atom is 0.127 e. The van der Waals surface area contributed by atoms with Gasteiger partial charge in [0, 0.05) is 30.6 Å². The summed E-state index contributed by atoms with van der Waals surface area (Å²) in [6.07, 6.45) is 1.48. The van der Waals surface area contributed by atoms with Crippen LogP contribution in [-0.4, -0.2) is 20.8 Å². The summed E-state index contributed by atoms with van der Waals surface area (Å²) in [6, 6.07) is 8.25. The van der Waals surface area contributed by atoms with Gasteiger partial charge in [-0.25, -0.2) is 0 Å². The Bertz CT molecular complexity index is 492. The highest BCUT2D eigenvalue weighted by atomic mass is 16.5. The molecule has 0 bridgehead atoms. The molecule has 21 heavy (non-hydrogen) atoms. The van der Waals surface area contributed by atoms with Gasteiger partial charge in [0.1, 0.15) is 11.5 Å². The van der Waals surface area contributed by atoms with Gasteiger partial charge in [-0.15, -0.1) is 0 Å². The van der Waals surface area contributed by atoms with Gasteiger partial charge in [-0.1, -0.05) is 19.9 Å². The van der Waals surface area contributed by atoms with Crippen LogP contribution < -0.4 is 14.8 Å². The second kappa shape index (κ2) is 7.90. The molecule has 1 aromatic carbocycles. The number of methoxy groups -OCH3 is 2. The van der Waals surface area contributed by atoms with E-state index in [2.05, 4.69) is 32.2 Å². The van der Waals surface area contributed by atoms with E-state index >= 15 is 0 Å². The van der Waals surface area contributed by atoms with Gasteiger partial charge >= 0.3 is 0 Å². The van der Waals surface area contributed by atoms with Crippen LogP contribution in [0.5, 0.6) is 11.5 Å². The molecule has 0 fully saturated rings. The quantitative estimate of drug-likeness (QED) is 0.793. The lowest BCUT2D eigenvalue weighted by Crippen LogP contribution is -2.31. The number of rotatable bonds is 8. The van der Waals surface area contributed by atoms with Gasteiger partial charge in [0.25, 0.3) is 0 Å². The molecule has 4 heteroatoms. The van der Waals surface area contributed by atoms with E-state index in [9.17, 15) is 0 Å². The molecule has 0 spiro atoms. The average molecular weight is 290 g/mol. The second-order valence-electron chi connectivity index (χ2n) is 6.03. The molecule has 116 valence electrons. The fraction of sp³-hybridized carbons (Fsp3) is 0.588. The SMILES string of the molecule is COc1ccc(C(C)NCC(C)(C)CCC#N)c(OC)c1. The Morgan fingerprint density at radius 3 is 2.57 bits per heavy atom. The first-order valence-electron chi connectivity index (χ1n) is 7.26. The summed E-state index contributed by atoms with van der Waals surface area (Å²) in [7, 11) is 3.32. The van der Waals surface area contributed by atoms with Gasteiger partial charge in [0.05, 0.1) is 20.3 Å². The van der Waals surface area contributed by atoms with Crippen LogP contribution in [0.25, 0.3) is 0 Å². The molecule has 1 aromatic rings. The zero-order valence-corrected chi connectivity index (χ0v) is 13.7. The number of hydrogen-bond donors (Lipinski definition) is 1. The van der Waals surface area contributed by atoms with Gasteiger partial charge < -0.3 is 14.8 Å². The van der Waals surface area contributed by atoms with E-state index in [1.54, 1.807) is 14.2 Å². The van der Waals surface area contributed by atoms with Crippen LogP contribution in [0, 0.1) is 16.7 Å². The van der Waals surface area contributed by atoms with Crippen LogP contribution >= 0.6 is 0 Å². The van der Waals surface area contributed by atoms with E-state index in [0.29, 0.717) is 6.42 Å². The summed E-state index contributed by atoms with van der Waals surface area (Å²) in [6.45, 7) is 7.32. The summed E-state index contributed by atoms with van der Waals surface area (Å²) in [5.74, 6) is 1.61. The smallest absolute Gasteiger partial charge is 0.127 e. The van der Waals surface area contributed by atoms with Gasteiger partial charge in [-0.3, -0.25) is 0 Å². The van der Waals surface area contributed by atoms with Crippen molar-refractivity contribution in [2.45, 2.75) is 39.7 Å². The number of benzene rings is 1. The van der Waals surface area contributed by atoms with Crippen LogP contribution in [-0.2, 0) is 0 Å². The molecular weight excluding hydrogens is 264 g/mol. The lowest BCUT2D eigenvalue weighted by molar-refractivity contribution is 0.302. The molecule has 0 aromatic heterocycles. The minimum atomic E-state index is 0.101. The molecule has 0 saturated heterocycles. The van der Waals surface area contributed by atoms with Crippen molar-refractivity contribution in [3.8, 4) is 17.6 Å². The van der Waals surface area contributed by atoms with Crippen molar-refractivity contribution in [3.63, 3.8) is 0 Å². The summed E-state index contributed by atoms with van der Waals surface area (Å²) in [5, 5.41) is 12.2. The van der Waals surface area contributed by atoms with E-state index in [0.717, 1.165) is 30.0 Å². The van der Waals surface area contributed by atoms with E-state index in [-0.39, 0.29) is 11.5 Å². The average Bonchev–Trinajstić information content (AvgIpc) is 2.50. The van der Waals surface area contributed by atoms with Crippen molar-refractivity contribution in [1.29, 1.82) is 5.26 Å². The highest BCUT2D eigenvalue weighted by Gasteiger charge is 2.20. The number of nitrogens with zero attached hydrogens (tertiary/aromatic N) is 1. The summed E-state index contributed by atoms with van der Waals surface area (Å²) >= 11 is 0. The lowest BCUT2D eigenvalue weighted by atomic mass is 9.87. The third kappa shape index (κ3) is 5.28. The fourth-order valence-electron chi connectivity index (χ4n) is 2.20. The van der Waals surface area contributed by atoms with Gasteiger partial charge in [0.2, 0.25) is 0 Å². The molecule has 0 aliphatic carbocycles. The molecule has 1 N–H and O–H groups in total. The Morgan fingerprint density at radius 1 is 1.29 bits per heavy atom. The predicted octanol–water partition coefficient (Wildman–Crippen LogP) is 3.68. The Hall–Kier alpha value is -1.73. The highest BCUT2D eigenvalue weighted by Crippen LogP contribution is 2.30. The molecule has 1 unspecified atom stereocenters. The van der Waals surface area contributed by atoms with E-state index in [1.165, 1.54) is 0 Å². The van der Waals surface area contributed by atoms with Crippen LogP contribution in [0.2, 0.25) is 0 Å². The lowest BCUT2D eigenvalue weighted by Gasteiger charge is -2.27. The zero-order chi connectivity index (χ0) is 15.9. The van der Waals surface area contributed by atoms with Crippen LogP contribution in [0.15, 0.2) is 18.2 Å². The van der Waals surface area contributed by atoms with Crippen molar-refractivity contribution in [3.05, 3.63) is 23.8 Å². The van der Waals surface area contributed by atoms with Crippen molar-refractivity contribution >= 4 is 0 Å². The standard InChI is InChI=1S/C17H26N2O2/c1-13(19-12-17(2,3)9-6-10-18)15-8-7-14(20-4)11-16(15)21-5/h7-8,11,13,19H,6,9,12H2,1-5H3. The number of nitriles is 1. The predicted molar refractivity (Wildman–Crippen MR) is 84.6 cm³/mol. The first kappa shape index (κ1) is 17.3. The summed E-state index contributed by atoms with van der Waals surface area (Å²) < 4.78 is 10.7. The van der Waals surface area contributed by atoms with Crippen molar-refractivity contribution in [1.82, 2.24) is 5.32 Å². The number of nitrogens with one attached hydrogen (secondary N) is 1. The maximum atomic E-state index is 8.70. The Balaban J connectivity index is 2.71. The van der Waals surface area contributed by atoms with Gasteiger partial charge in [0.15, 0.2) is 0 Å². The van der Waals surface area contributed by atoms with Crippen molar-refractivity contribution in [2.24, 2.45) is 5.41 Å². The zero-order valence-electron chi connectivity index (χ0n) is 13.7. The third-order valence-corrected chi connectivity index (χ3v) is 3.71. The minimum Gasteiger partial charge on any atom is -0.497 e. The third-order valence-electron chi connectivity index (χ3n) is 3.71. The Morgan fingerprint density at radius 2 is 2.00 bits per heavy atom. The molecule has 4 nitrogen and oxygen atoms in total. The van der Waals surface area contributed by atoms with E-state index in [4.69, 9.17) is 14.7 Å². The maximum absolute atomic E-state index is 8.70. The monoisotopic (exact) mass is 290 g/mol.